The molecule has 0 saturated carbocycles. The maximum atomic E-state index is 10.0. The van der Waals surface area contributed by atoms with Gasteiger partial charge in [0, 0.05) is 5.02 Å². The number of rotatable bonds is 5. The zero-order valence-electron chi connectivity index (χ0n) is 13.8. The number of benzene rings is 1. The summed E-state index contributed by atoms with van der Waals surface area (Å²) in [7, 11) is 0. The highest BCUT2D eigenvalue weighted by molar-refractivity contribution is 7.99. The van der Waals surface area contributed by atoms with Crippen molar-refractivity contribution in [3.05, 3.63) is 40.2 Å². The molecule has 0 amide bonds. The Hall–Kier alpha value is -1.20. The fraction of sp³-hybridized carbons (Fsp3) is 0.500. The first kappa shape index (κ1) is 19.6. The largest absolute Gasteiger partial charge is 0.416 e. The van der Waals surface area contributed by atoms with Crippen LogP contribution in [0.2, 0.25) is 5.02 Å². The first-order valence-corrected chi connectivity index (χ1v) is 9.19. The lowest BCUT2D eigenvalue weighted by atomic mass is 10.0. The molecule has 2 heterocycles. The number of halogens is 1. The summed E-state index contributed by atoms with van der Waals surface area (Å²) in [6.45, 7) is 1.44. The van der Waals surface area contributed by atoms with Gasteiger partial charge in [-0.3, -0.25) is 0 Å². The van der Waals surface area contributed by atoms with Crippen LogP contribution in [-0.4, -0.2) is 67.1 Å². The van der Waals surface area contributed by atoms with Gasteiger partial charge in [-0.1, -0.05) is 17.7 Å². The molecule has 10 heteroatoms. The average Bonchev–Trinajstić information content (AvgIpc) is 3.05. The molecule has 0 bridgehead atoms. The molecule has 1 saturated heterocycles. The fourth-order valence-corrected chi connectivity index (χ4v) is 3.80. The topological polar surface area (TPSA) is 129 Å². The van der Waals surface area contributed by atoms with E-state index in [1.165, 1.54) is 0 Å². The summed E-state index contributed by atoms with van der Waals surface area (Å²) in [5, 5.41) is 47.5. The molecule has 1 aromatic carbocycles. The maximum absolute atomic E-state index is 10.0. The summed E-state index contributed by atoms with van der Waals surface area (Å²) < 4.78 is 11.0. The summed E-state index contributed by atoms with van der Waals surface area (Å²) in [5.74, 6) is 0.377. The van der Waals surface area contributed by atoms with Gasteiger partial charge in [0.2, 0.25) is 5.89 Å². The summed E-state index contributed by atoms with van der Waals surface area (Å²) in [6.07, 6.45) is -4.78. The molecule has 0 spiro atoms. The van der Waals surface area contributed by atoms with Gasteiger partial charge in [0.05, 0.1) is 13.0 Å². The normalized spacial score (nSPS) is 29.1. The molecule has 26 heavy (non-hydrogen) atoms. The van der Waals surface area contributed by atoms with Crippen LogP contribution in [-0.2, 0) is 11.2 Å². The number of hydrogen-bond acceptors (Lipinski definition) is 9. The van der Waals surface area contributed by atoms with E-state index in [1.54, 1.807) is 6.07 Å². The molecular formula is C16H19ClN2O6S. The molecule has 0 aliphatic carbocycles. The van der Waals surface area contributed by atoms with Gasteiger partial charge in [0.1, 0.15) is 29.9 Å². The highest BCUT2D eigenvalue weighted by atomic mass is 35.5. The Morgan fingerprint density at radius 3 is 2.62 bits per heavy atom. The lowest BCUT2D eigenvalue weighted by Gasteiger charge is -2.38. The lowest BCUT2D eigenvalue weighted by molar-refractivity contribution is -0.205. The number of aryl methyl sites for hydroxylation is 1. The van der Waals surface area contributed by atoms with E-state index >= 15 is 0 Å². The van der Waals surface area contributed by atoms with Crippen molar-refractivity contribution in [2.45, 2.75) is 48.4 Å². The second kappa shape index (κ2) is 8.22. The average molecular weight is 403 g/mol. The van der Waals surface area contributed by atoms with Crippen molar-refractivity contribution >= 4 is 23.4 Å². The van der Waals surface area contributed by atoms with E-state index in [0.29, 0.717) is 17.3 Å². The van der Waals surface area contributed by atoms with Crippen molar-refractivity contribution in [2.75, 3.05) is 6.61 Å². The molecule has 142 valence electrons. The molecule has 4 N–H and O–H groups in total. The standard InChI is InChI=1S/C16H19ClN2O6S/c1-7-4-9(17)3-2-8(7)5-11-18-19-16(25-11)26-15-14(23)13(22)12(21)10(6-20)24-15/h2-4,10,12-15,20-23H,5-6H2,1H3/t10-,12+,13+,14-,15+/m1/s1. The molecule has 0 unspecified atom stereocenters. The van der Waals surface area contributed by atoms with Gasteiger partial charge in [-0.25, -0.2) is 0 Å². The predicted molar refractivity (Wildman–Crippen MR) is 92.9 cm³/mol. The third-order valence-electron chi connectivity index (χ3n) is 4.16. The number of aliphatic hydroxyl groups is 4. The second-order valence-corrected chi connectivity index (χ2v) is 7.51. The van der Waals surface area contributed by atoms with Crippen LogP contribution in [0.1, 0.15) is 17.0 Å². The fourth-order valence-electron chi connectivity index (χ4n) is 2.64. The zero-order chi connectivity index (χ0) is 18.8. The number of hydrogen-bond donors (Lipinski definition) is 4. The van der Waals surface area contributed by atoms with E-state index in [0.717, 1.165) is 22.9 Å². The van der Waals surface area contributed by atoms with Crippen LogP contribution in [0.5, 0.6) is 0 Å². The monoisotopic (exact) mass is 402 g/mol. The van der Waals surface area contributed by atoms with Gasteiger partial charge in [0.15, 0.2) is 0 Å². The van der Waals surface area contributed by atoms with Gasteiger partial charge in [-0.05, 0) is 41.9 Å². The molecule has 8 nitrogen and oxygen atoms in total. The van der Waals surface area contributed by atoms with Gasteiger partial charge in [-0.15, -0.1) is 10.2 Å². The third kappa shape index (κ3) is 4.20. The predicted octanol–water partition coefficient (Wildman–Crippen LogP) is 0.514. The molecule has 1 aromatic heterocycles. The van der Waals surface area contributed by atoms with Crippen LogP contribution in [0, 0.1) is 6.92 Å². The molecule has 2 aromatic rings. The number of aromatic nitrogens is 2. The Morgan fingerprint density at radius 2 is 1.92 bits per heavy atom. The van der Waals surface area contributed by atoms with Crippen LogP contribution in [0.15, 0.2) is 27.8 Å². The highest BCUT2D eigenvalue weighted by Gasteiger charge is 2.44. The summed E-state index contributed by atoms with van der Waals surface area (Å²) in [5.41, 5.74) is 1.03. The van der Waals surface area contributed by atoms with E-state index in [9.17, 15) is 20.4 Å². The third-order valence-corrected chi connectivity index (χ3v) is 5.38. The molecular weight excluding hydrogens is 384 g/mol. The quantitative estimate of drug-likeness (QED) is 0.565. The van der Waals surface area contributed by atoms with E-state index in [-0.39, 0.29) is 5.22 Å². The minimum Gasteiger partial charge on any atom is -0.416 e. The molecule has 1 fully saturated rings. The number of aliphatic hydroxyl groups excluding tert-OH is 4. The first-order chi connectivity index (χ1) is 12.4. The van der Waals surface area contributed by atoms with Gasteiger partial charge < -0.3 is 29.6 Å². The zero-order valence-corrected chi connectivity index (χ0v) is 15.4. The summed E-state index contributed by atoms with van der Waals surface area (Å²) in [6, 6.07) is 5.51. The Kier molecular flexibility index (Phi) is 6.18. The van der Waals surface area contributed by atoms with Crippen molar-refractivity contribution < 1.29 is 29.6 Å². The minimum atomic E-state index is -1.45. The Labute approximate surface area is 158 Å². The van der Waals surface area contributed by atoms with Crippen LogP contribution < -0.4 is 0 Å². The number of ether oxygens (including phenoxy) is 1. The van der Waals surface area contributed by atoms with E-state index in [4.69, 9.17) is 20.8 Å². The van der Waals surface area contributed by atoms with Crippen molar-refractivity contribution in [3.8, 4) is 0 Å². The van der Waals surface area contributed by atoms with Crippen molar-refractivity contribution in [1.29, 1.82) is 0 Å². The van der Waals surface area contributed by atoms with Crippen LogP contribution in [0.4, 0.5) is 0 Å². The van der Waals surface area contributed by atoms with Crippen LogP contribution >= 0.6 is 23.4 Å². The summed E-state index contributed by atoms with van der Waals surface area (Å²) in [4.78, 5) is 0. The minimum absolute atomic E-state index is 0.149. The Balaban J connectivity index is 1.68. The second-order valence-electron chi connectivity index (χ2n) is 6.02. The van der Waals surface area contributed by atoms with Gasteiger partial charge in [0.25, 0.3) is 5.22 Å². The van der Waals surface area contributed by atoms with E-state index < -0.39 is 36.5 Å². The molecule has 3 rings (SSSR count). The maximum Gasteiger partial charge on any atom is 0.279 e. The highest BCUT2D eigenvalue weighted by Crippen LogP contribution is 2.33. The first-order valence-electron chi connectivity index (χ1n) is 7.93. The number of thioether (sulfide) groups is 1. The summed E-state index contributed by atoms with van der Waals surface area (Å²) >= 11 is 6.86. The molecule has 5 atom stereocenters. The Bertz CT molecular complexity index is 758. The number of nitrogens with zero attached hydrogens (tertiary/aromatic N) is 2. The molecule has 1 aliphatic heterocycles. The van der Waals surface area contributed by atoms with Crippen LogP contribution in [0.25, 0.3) is 0 Å². The Morgan fingerprint density at radius 1 is 1.15 bits per heavy atom. The van der Waals surface area contributed by atoms with E-state index in [2.05, 4.69) is 10.2 Å². The van der Waals surface area contributed by atoms with Gasteiger partial charge in [-0.2, -0.15) is 0 Å². The SMILES string of the molecule is Cc1cc(Cl)ccc1Cc1nnc(S[C@@H]2O[C@H](CO)[C@H](O)[C@H](O)[C@H]2O)o1. The van der Waals surface area contributed by atoms with Crippen molar-refractivity contribution in [1.82, 2.24) is 10.2 Å². The lowest BCUT2D eigenvalue weighted by Crippen LogP contribution is -2.57. The van der Waals surface area contributed by atoms with Gasteiger partial charge >= 0.3 is 0 Å². The van der Waals surface area contributed by atoms with Crippen molar-refractivity contribution in [3.63, 3.8) is 0 Å². The van der Waals surface area contributed by atoms with Crippen LogP contribution in [0.3, 0.4) is 0 Å². The van der Waals surface area contributed by atoms with E-state index in [1.807, 2.05) is 19.1 Å². The molecule has 0 radical (unpaired) electrons. The van der Waals surface area contributed by atoms with Crippen molar-refractivity contribution in [2.24, 2.45) is 0 Å². The molecule has 1 aliphatic rings. The smallest absolute Gasteiger partial charge is 0.279 e.